The van der Waals surface area contributed by atoms with Gasteiger partial charge in [0.25, 0.3) is 0 Å². The Kier molecular flexibility index (Phi) is 1.83. The van der Waals surface area contributed by atoms with Crippen molar-refractivity contribution >= 4 is 5.91 Å². The van der Waals surface area contributed by atoms with Gasteiger partial charge in [0.2, 0.25) is 5.91 Å². The van der Waals surface area contributed by atoms with Crippen molar-refractivity contribution in [1.82, 2.24) is 5.32 Å². The van der Waals surface area contributed by atoms with Gasteiger partial charge >= 0.3 is 0 Å². The van der Waals surface area contributed by atoms with E-state index in [0.29, 0.717) is 0 Å². The third kappa shape index (κ3) is 1.12. The maximum absolute atomic E-state index is 11.5. The van der Waals surface area contributed by atoms with Crippen LogP contribution in [0.1, 0.15) is 26.2 Å². The molecule has 0 aliphatic carbocycles. The van der Waals surface area contributed by atoms with Gasteiger partial charge in [-0.15, -0.1) is 0 Å². The molecule has 12 heavy (non-hydrogen) atoms. The molecule has 2 rings (SSSR count). The molecule has 2 heterocycles. The number of carbonyl (C=O) groups is 1. The molecule has 2 aliphatic rings. The van der Waals surface area contributed by atoms with E-state index in [2.05, 4.69) is 12.2 Å². The van der Waals surface area contributed by atoms with Crippen molar-refractivity contribution in [2.24, 2.45) is 5.92 Å². The van der Waals surface area contributed by atoms with Crippen LogP contribution in [0.15, 0.2) is 0 Å². The van der Waals surface area contributed by atoms with Crippen molar-refractivity contribution in [3.63, 3.8) is 0 Å². The maximum atomic E-state index is 11.5. The minimum atomic E-state index is 0.0305. The molecule has 1 atom stereocenters. The molecular formula is C9H15NO2. The Labute approximate surface area is 72.5 Å². The smallest absolute Gasteiger partial charge is 0.223 e. The summed E-state index contributed by atoms with van der Waals surface area (Å²) in [7, 11) is 0. The lowest BCUT2D eigenvalue weighted by Gasteiger charge is -2.46. The quantitative estimate of drug-likeness (QED) is 0.627. The normalized spacial score (nSPS) is 32.8. The van der Waals surface area contributed by atoms with Crippen LogP contribution in [0, 0.1) is 5.92 Å². The predicted octanol–water partition coefficient (Wildman–Crippen LogP) is 0.692. The summed E-state index contributed by atoms with van der Waals surface area (Å²) in [5, 5.41) is 3.07. The van der Waals surface area contributed by atoms with Crippen LogP contribution in [0.4, 0.5) is 0 Å². The minimum Gasteiger partial charge on any atom is -0.376 e. The summed E-state index contributed by atoms with van der Waals surface area (Å²) in [5.41, 5.74) is 0.0305. The Morgan fingerprint density at radius 2 is 2.42 bits per heavy atom. The second kappa shape index (κ2) is 2.73. The number of hydrogen-bond acceptors (Lipinski definition) is 2. The highest BCUT2D eigenvalue weighted by Gasteiger charge is 2.44. The van der Waals surface area contributed by atoms with Gasteiger partial charge in [-0.25, -0.2) is 0 Å². The molecule has 1 spiro atoms. The molecule has 0 aromatic carbocycles. The van der Waals surface area contributed by atoms with E-state index in [0.717, 1.165) is 32.5 Å². The summed E-state index contributed by atoms with van der Waals surface area (Å²) in [6, 6.07) is 0. The van der Waals surface area contributed by atoms with Gasteiger partial charge in [-0.3, -0.25) is 4.79 Å². The number of ether oxygens (including phenoxy) is 1. The summed E-state index contributed by atoms with van der Waals surface area (Å²) in [6.07, 6.45) is 3.09. The summed E-state index contributed by atoms with van der Waals surface area (Å²) < 4.78 is 5.12. The van der Waals surface area contributed by atoms with E-state index in [-0.39, 0.29) is 17.4 Å². The van der Waals surface area contributed by atoms with Gasteiger partial charge in [0, 0.05) is 5.92 Å². The van der Waals surface area contributed by atoms with Gasteiger partial charge < -0.3 is 10.1 Å². The lowest BCUT2D eigenvalue weighted by Crippen LogP contribution is -2.65. The molecule has 0 radical (unpaired) electrons. The first-order valence-electron chi connectivity index (χ1n) is 4.65. The van der Waals surface area contributed by atoms with E-state index in [4.69, 9.17) is 4.74 Å². The number of rotatable bonds is 1. The third-order valence-corrected chi connectivity index (χ3v) is 2.98. The number of piperidine rings is 1. The molecule has 68 valence electrons. The van der Waals surface area contributed by atoms with Crippen molar-refractivity contribution in [2.45, 2.75) is 31.7 Å². The zero-order valence-electron chi connectivity index (χ0n) is 7.43. The van der Waals surface area contributed by atoms with Crippen molar-refractivity contribution in [3.05, 3.63) is 0 Å². The zero-order chi connectivity index (χ0) is 8.60. The first-order valence-corrected chi connectivity index (χ1v) is 4.65. The Bertz CT molecular complexity index is 199. The average molecular weight is 169 g/mol. The van der Waals surface area contributed by atoms with Crippen LogP contribution in [0.2, 0.25) is 0 Å². The summed E-state index contributed by atoms with van der Waals surface area (Å²) in [4.78, 5) is 11.5. The molecule has 2 fully saturated rings. The number of hydrogen-bond donors (Lipinski definition) is 1. The highest BCUT2D eigenvalue weighted by atomic mass is 16.5. The van der Waals surface area contributed by atoms with E-state index >= 15 is 0 Å². The van der Waals surface area contributed by atoms with Crippen LogP contribution in [-0.2, 0) is 9.53 Å². The molecule has 0 aromatic rings. The predicted molar refractivity (Wildman–Crippen MR) is 44.7 cm³/mol. The van der Waals surface area contributed by atoms with E-state index in [1.807, 2.05) is 0 Å². The molecule has 3 nitrogen and oxygen atoms in total. The molecule has 0 unspecified atom stereocenters. The zero-order valence-corrected chi connectivity index (χ0v) is 7.43. The van der Waals surface area contributed by atoms with Crippen LogP contribution < -0.4 is 5.32 Å². The second-order valence-electron chi connectivity index (χ2n) is 3.91. The van der Waals surface area contributed by atoms with Crippen LogP contribution in [0.5, 0.6) is 0 Å². The van der Waals surface area contributed by atoms with E-state index in [9.17, 15) is 4.79 Å². The molecule has 0 bridgehead atoms. The second-order valence-corrected chi connectivity index (χ2v) is 3.91. The fraction of sp³-hybridized carbons (Fsp3) is 0.889. The van der Waals surface area contributed by atoms with Gasteiger partial charge in [0.1, 0.15) is 0 Å². The molecule has 0 saturated carbocycles. The third-order valence-electron chi connectivity index (χ3n) is 2.98. The van der Waals surface area contributed by atoms with Crippen molar-refractivity contribution in [2.75, 3.05) is 13.2 Å². The molecule has 1 amide bonds. The highest BCUT2D eigenvalue weighted by molar-refractivity contribution is 5.80. The molecule has 2 saturated heterocycles. The first-order chi connectivity index (χ1) is 5.76. The maximum Gasteiger partial charge on any atom is 0.223 e. The summed E-state index contributed by atoms with van der Waals surface area (Å²) in [6.45, 7) is 3.50. The summed E-state index contributed by atoms with van der Waals surface area (Å²) in [5.74, 6) is 0.475. The van der Waals surface area contributed by atoms with Gasteiger partial charge in [-0.2, -0.15) is 0 Å². The topological polar surface area (TPSA) is 38.3 Å². The molecule has 1 N–H and O–H groups in total. The van der Waals surface area contributed by atoms with Crippen molar-refractivity contribution in [3.8, 4) is 0 Å². The van der Waals surface area contributed by atoms with E-state index in [1.54, 1.807) is 0 Å². The molecule has 2 aliphatic heterocycles. The minimum absolute atomic E-state index is 0.0305. The Hall–Kier alpha value is -0.570. The van der Waals surface area contributed by atoms with Crippen molar-refractivity contribution < 1.29 is 9.53 Å². The Balaban J connectivity index is 1.98. The van der Waals surface area contributed by atoms with Crippen LogP contribution >= 0.6 is 0 Å². The summed E-state index contributed by atoms with van der Waals surface area (Å²) >= 11 is 0. The van der Waals surface area contributed by atoms with Crippen LogP contribution in [-0.4, -0.2) is 24.7 Å². The van der Waals surface area contributed by atoms with Gasteiger partial charge in [0.15, 0.2) is 0 Å². The average Bonchev–Trinajstić information content (AvgIpc) is 2.01. The highest BCUT2D eigenvalue weighted by Crippen LogP contribution is 2.30. The largest absolute Gasteiger partial charge is 0.376 e. The number of nitrogens with one attached hydrogen (secondary N) is 1. The standard InChI is InChI=1S/C9H15NO2/c1-2-7-3-4-9(5-12-6-9)10-8(7)11/h7H,2-6H2,1H3,(H,10,11)/t7-/m1/s1. The van der Waals surface area contributed by atoms with Gasteiger partial charge in [-0.05, 0) is 19.3 Å². The molecular weight excluding hydrogens is 154 g/mol. The van der Waals surface area contributed by atoms with Crippen molar-refractivity contribution in [1.29, 1.82) is 0 Å². The monoisotopic (exact) mass is 169 g/mol. The number of carbonyl (C=O) groups excluding carboxylic acids is 1. The number of amides is 1. The van der Waals surface area contributed by atoms with Crippen LogP contribution in [0.3, 0.4) is 0 Å². The van der Waals surface area contributed by atoms with Crippen LogP contribution in [0.25, 0.3) is 0 Å². The molecule has 3 heteroatoms. The lowest BCUT2D eigenvalue weighted by atomic mass is 9.81. The van der Waals surface area contributed by atoms with E-state index in [1.165, 1.54) is 0 Å². The first kappa shape index (κ1) is 8.05. The van der Waals surface area contributed by atoms with Gasteiger partial charge in [-0.1, -0.05) is 6.92 Å². The fourth-order valence-electron chi connectivity index (χ4n) is 1.96. The lowest BCUT2D eigenvalue weighted by molar-refractivity contribution is -0.144. The fourth-order valence-corrected chi connectivity index (χ4v) is 1.96. The van der Waals surface area contributed by atoms with Gasteiger partial charge in [0.05, 0.1) is 18.8 Å². The Morgan fingerprint density at radius 3 is 2.83 bits per heavy atom. The molecule has 0 aromatic heterocycles. The Morgan fingerprint density at radius 1 is 1.67 bits per heavy atom. The van der Waals surface area contributed by atoms with E-state index < -0.39 is 0 Å². The SMILES string of the molecule is CC[C@@H]1CCC2(COC2)NC1=O.